The van der Waals surface area contributed by atoms with Gasteiger partial charge in [-0.1, -0.05) is 24.3 Å². The molecule has 0 heterocycles. The molecule has 0 spiro atoms. The van der Waals surface area contributed by atoms with Crippen molar-refractivity contribution in [2.45, 2.75) is 13.8 Å². The Morgan fingerprint density at radius 1 is 1.00 bits per heavy atom. The Hall–Kier alpha value is -3.35. The lowest BCUT2D eigenvalue weighted by molar-refractivity contribution is -0.126. The van der Waals surface area contributed by atoms with Gasteiger partial charge in [-0.2, -0.15) is 0 Å². The van der Waals surface area contributed by atoms with E-state index in [1.807, 2.05) is 32.0 Å². The van der Waals surface area contributed by atoms with E-state index in [-0.39, 0.29) is 23.8 Å². The first kappa shape index (κ1) is 19.0. The average Bonchev–Trinajstić information content (AvgIpc) is 2.61. The second kappa shape index (κ2) is 8.66. The minimum absolute atomic E-state index is 0.0768. The van der Waals surface area contributed by atoms with Crippen LogP contribution in [0.3, 0.4) is 0 Å². The number of phenolic OH excluding ortho intramolecular Hbond substituents is 1. The largest absolute Gasteiger partial charge is 0.508 e. The highest BCUT2D eigenvalue weighted by Crippen LogP contribution is 2.19. The van der Waals surface area contributed by atoms with Crippen LogP contribution in [0, 0.1) is 13.8 Å². The summed E-state index contributed by atoms with van der Waals surface area (Å²) in [6.45, 7) is 2.99. The van der Waals surface area contributed by atoms with Gasteiger partial charge in [-0.15, -0.1) is 0 Å². The summed E-state index contributed by atoms with van der Waals surface area (Å²) in [7, 11) is 0. The number of anilines is 1. The van der Waals surface area contributed by atoms with Gasteiger partial charge in [-0.05, 0) is 43.2 Å². The van der Waals surface area contributed by atoms with E-state index < -0.39 is 18.5 Å². The average molecular weight is 356 g/mol. The van der Waals surface area contributed by atoms with E-state index in [0.717, 1.165) is 11.1 Å². The second-order valence-electron chi connectivity index (χ2n) is 5.72. The lowest BCUT2D eigenvalue weighted by Gasteiger charge is -2.12. The summed E-state index contributed by atoms with van der Waals surface area (Å²) in [6.07, 6.45) is 0. The van der Waals surface area contributed by atoms with E-state index in [1.165, 1.54) is 24.3 Å². The van der Waals surface area contributed by atoms with Gasteiger partial charge in [0.15, 0.2) is 6.61 Å². The molecule has 0 bridgehead atoms. The minimum atomic E-state index is -0.740. The van der Waals surface area contributed by atoms with Gasteiger partial charge in [0.25, 0.3) is 5.91 Å². The normalized spacial score (nSPS) is 10.1. The zero-order chi connectivity index (χ0) is 19.1. The van der Waals surface area contributed by atoms with Gasteiger partial charge in [0.1, 0.15) is 5.75 Å². The maximum Gasteiger partial charge on any atom is 0.338 e. The number of hydrogen-bond acceptors (Lipinski definition) is 5. The molecule has 0 saturated carbocycles. The summed E-state index contributed by atoms with van der Waals surface area (Å²) < 4.78 is 4.84. The van der Waals surface area contributed by atoms with Crippen molar-refractivity contribution in [1.82, 2.24) is 5.32 Å². The maximum atomic E-state index is 12.0. The third kappa shape index (κ3) is 5.34. The first-order valence-electron chi connectivity index (χ1n) is 7.95. The number of hydrogen-bond donors (Lipinski definition) is 3. The quantitative estimate of drug-likeness (QED) is 0.686. The van der Waals surface area contributed by atoms with Crippen LogP contribution in [0.5, 0.6) is 5.75 Å². The van der Waals surface area contributed by atoms with Crippen LogP contribution in [0.25, 0.3) is 0 Å². The number of rotatable bonds is 6. The Kier molecular flexibility index (Phi) is 6.32. The second-order valence-corrected chi connectivity index (χ2v) is 5.72. The number of carbonyl (C=O) groups excluding carboxylic acids is 3. The molecule has 136 valence electrons. The Bertz CT molecular complexity index is 812. The topological polar surface area (TPSA) is 105 Å². The highest BCUT2D eigenvalue weighted by Gasteiger charge is 2.12. The van der Waals surface area contributed by atoms with Crippen molar-refractivity contribution >= 4 is 23.5 Å². The monoisotopic (exact) mass is 356 g/mol. The van der Waals surface area contributed by atoms with Crippen molar-refractivity contribution in [3.8, 4) is 5.75 Å². The standard InChI is InChI=1S/C19H20N2O5/c1-12-5-3-6-13(2)18(12)21-16(23)10-20-17(24)11-26-19(25)14-7-4-8-15(22)9-14/h3-9,22H,10-11H2,1-2H3,(H,20,24)(H,21,23). The molecule has 26 heavy (non-hydrogen) atoms. The number of nitrogens with one attached hydrogen (secondary N) is 2. The van der Waals surface area contributed by atoms with E-state index in [2.05, 4.69) is 10.6 Å². The van der Waals surface area contributed by atoms with E-state index in [1.54, 1.807) is 0 Å². The Balaban J connectivity index is 1.78. The molecule has 0 fully saturated rings. The molecule has 7 nitrogen and oxygen atoms in total. The first-order chi connectivity index (χ1) is 12.4. The molecule has 0 aromatic heterocycles. The van der Waals surface area contributed by atoms with E-state index in [4.69, 9.17) is 4.74 Å². The lowest BCUT2D eigenvalue weighted by atomic mass is 10.1. The third-order valence-corrected chi connectivity index (χ3v) is 3.61. The summed E-state index contributed by atoms with van der Waals surface area (Å²) in [4.78, 5) is 35.4. The van der Waals surface area contributed by atoms with Crippen LogP contribution in [0.15, 0.2) is 42.5 Å². The molecule has 0 atom stereocenters. The molecule has 0 saturated heterocycles. The molecule has 2 aromatic rings. The van der Waals surface area contributed by atoms with Gasteiger partial charge >= 0.3 is 5.97 Å². The highest BCUT2D eigenvalue weighted by molar-refractivity contribution is 5.96. The number of phenols is 1. The summed E-state index contributed by atoms with van der Waals surface area (Å²) in [5, 5.41) is 14.4. The Morgan fingerprint density at radius 3 is 2.31 bits per heavy atom. The molecule has 0 aliphatic heterocycles. The number of ether oxygens (including phenoxy) is 1. The number of aryl methyl sites for hydroxylation is 2. The number of aromatic hydroxyl groups is 1. The van der Waals surface area contributed by atoms with Crippen LogP contribution in [0.1, 0.15) is 21.5 Å². The van der Waals surface area contributed by atoms with Crippen molar-refractivity contribution < 1.29 is 24.2 Å². The zero-order valence-corrected chi connectivity index (χ0v) is 14.5. The summed E-state index contributed by atoms with van der Waals surface area (Å²) in [5.74, 6) is -1.80. The molecule has 2 aromatic carbocycles. The van der Waals surface area contributed by atoms with Crippen molar-refractivity contribution in [2.75, 3.05) is 18.5 Å². The van der Waals surface area contributed by atoms with Crippen molar-refractivity contribution in [3.63, 3.8) is 0 Å². The maximum absolute atomic E-state index is 12.0. The van der Waals surface area contributed by atoms with Crippen molar-refractivity contribution in [2.24, 2.45) is 0 Å². The molecule has 2 amide bonds. The van der Waals surface area contributed by atoms with Crippen LogP contribution >= 0.6 is 0 Å². The molecule has 0 unspecified atom stereocenters. The van der Waals surface area contributed by atoms with Gasteiger partial charge in [-0.3, -0.25) is 9.59 Å². The third-order valence-electron chi connectivity index (χ3n) is 3.61. The van der Waals surface area contributed by atoms with E-state index in [9.17, 15) is 19.5 Å². The highest BCUT2D eigenvalue weighted by atomic mass is 16.5. The molecule has 0 aliphatic carbocycles. The molecule has 3 N–H and O–H groups in total. The van der Waals surface area contributed by atoms with Gasteiger partial charge in [0.05, 0.1) is 12.1 Å². The van der Waals surface area contributed by atoms with Gasteiger partial charge < -0.3 is 20.5 Å². The number of para-hydroxylation sites is 1. The number of benzene rings is 2. The summed E-state index contributed by atoms with van der Waals surface area (Å²) >= 11 is 0. The number of amides is 2. The molecule has 0 aliphatic rings. The SMILES string of the molecule is Cc1cccc(C)c1NC(=O)CNC(=O)COC(=O)c1cccc(O)c1. The van der Waals surface area contributed by atoms with Crippen LogP contribution in [0.2, 0.25) is 0 Å². The van der Waals surface area contributed by atoms with Crippen LogP contribution < -0.4 is 10.6 Å². The lowest BCUT2D eigenvalue weighted by Crippen LogP contribution is -2.35. The Labute approximate surface area is 151 Å². The van der Waals surface area contributed by atoms with Crippen molar-refractivity contribution in [1.29, 1.82) is 0 Å². The fourth-order valence-electron chi connectivity index (χ4n) is 2.27. The minimum Gasteiger partial charge on any atom is -0.508 e. The molecular weight excluding hydrogens is 336 g/mol. The van der Waals surface area contributed by atoms with Crippen molar-refractivity contribution in [3.05, 3.63) is 59.2 Å². The smallest absolute Gasteiger partial charge is 0.338 e. The number of esters is 1. The zero-order valence-electron chi connectivity index (χ0n) is 14.5. The first-order valence-corrected chi connectivity index (χ1v) is 7.95. The molecule has 2 rings (SSSR count). The summed E-state index contributed by atoms with van der Waals surface area (Å²) in [6, 6.07) is 11.2. The van der Waals surface area contributed by atoms with Crippen LogP contribution in [-0.4, -0.2) is 36.0 Å². The fraction of sp³-hybridized carbons (Fsp3) is 0.211. The fourth-order valence-corrected chi connectivity index (χ4v) is 2.27. The molecule has 0 radical (unpaired) electrons. The van der Waals surface area contributed by atoms with Gasteiger partial charge in [0, 0.05) is 5.69 Å². The molecule has 7 heteroatoms. The van der Waals surface area contributed by atoms with Crippen LogP contribution in [0.4, 0.5) is 5.69 Å². The predicted octanol–water partition coefficient (Wildman–Crippen LogP) is 1.92. The number of carbonyl (C=O) groups is 3. The van der Waals surface area contributed by atoms with Gasteiger partial charge in [-0.25, -0.2) is 4.79 Å². The van der Waals surface area contributed by atoms with E-state index in [0.29, 0.717) is 5.69 Å². The van der Waals surface area contributed by atoms with Crippen LogP contribution in [-0.2, 0) is 14.3 Å². The van der Waals surface area contributed by atoms with Gasteiger partial charge in [0.2, 0.25) is 5.91 Å². The Morgan fingerprint density at radius 2 is 1.65 bits per heavy atom. The molecular formula is C19H20N2O5. The summed E-state index contributed by atoms with van der Waals surface area (Å²) in [5.41, 5.74) is 2.68. The predicted molar refractivity (Wildman–Crippen MR) is 95.9 cm³/mol. The van der Waals surface area contributed by atoms with E-state index >= 15 is 0 Å².